The molecule has 0 aliphatic heterocycles. The van der Waals surface area contributed by atoms with Crippen LogP contribution in [0.5, 0.6) is 0 Å². The average Bonchev–Trinajstić information content (AvgIpc) is 2.60. The Hall–Kier alpha value is -2.93. The normalized spacial score (nSPS) is 11.8. The molecule has 1 nitrogen and oxygen atoms in total. The lowest BCUT2D eigenvalue weighted by molar-refractivity contribution is -0.509. The first-order valence-corrected chi connectivity index (χ1v) is 8.37. The third-order valence-electron chi connectivity index (χ3n) is 5.00. The van der Waals surface area contributed by atoms with Crippen LogP contribution in [0, 0.1) is 13.8 Å². The van der Waals surface area contributed by atoms with E-state index >= 15 is 0 Å². The lowest BCUT2D eigenvalue weighted by atomic mass is 9.97. The number of pyridine rings is 2. The SMILES string of the molecule is Cc1ccc2ccc3cc[n+]4ccc5ccc(C)cc5c4c3c2c1. The Labute approximate surface area is 140 Å². The molecule has 5 aromatic rings. The zero-order chi connectivity index (χ0) is 16.3. The zero-order valence-corrected chi connectivity index (χ0v) is 13.9. The molecule has 3 aromatic carbocycles. The molecule has 24 heavy (non-hydrogen) atoms. The van der Waals surface area contributed by atoms with Gasteiger partial charge in [-0.1, -0.05) is 53.6 Å². The minimum absolute atomic E-state index is 1.29. The largest absolute Gasteiger partial charge is 0.226 e. The fourth-order valence-corrected chi connectivity index (χ4v) is 3.80. The van der Waals surface area contributed by atoms with Gasteiger partial charge in [-0.3, -0.25) is 0 Å². The number of benzene rings is 3. The Morgan fingerprint density at radius 3 is 1.88 bits per heavy atom. The highest BCUT2D eigenvalue weighted by atomic mass is 14.8. The van der Waals surface area contributed by atoms with Gasteiger partial charge in [0.25, 0.3) is 0 Å². The highest BCUT2D eigenvalue weighted by Gasteiger charge is 2.15. The van der Waals surface area contributed by atoms with Crippen LogP contribution in [0.1, 0.15) is 11.1 Å². The molecule has 0 fully saturated rings. The van der Waals surface area contributed by atoms with Gasteiger partial charge in [0.15, 0.2) is 12.4 Å². The molecule has 2 heterocycles. The topological polar surface area (TPSA) is 4.10 Å². The monoisotopic (exact) mass is 308 g/mol. The summed E-state index contributed by atoms with van der Waals surface area (Å²) >= 11 is 0. The van der Waals surface area contributed by atoms with E-state index in [2.05, 4.69) is 91.3 Å². The Kier molecular flexibility index (Phi) is 2.69. The van der Waals surface area contributed by atoms with Crippen molar-refractivity contribution < 1.29 is 4.40 Å². The number of rotatable bonds is 0. The van der Waals surface area contributed by atoms with Gasteiger partial charge in [0.2, 0.25) is 5.52 Å². The van der Waals surface area contributed by atoms with Gasteiger partial charge in [0.1, 0.15) is 0 Å². The van der Waals surface area contributed by atoms with Crippen molar-refractivity contribution in [1.29, 1.82) is 0 Å². The summed E-state index contributed by atoms with van der Waals surface area (Å²) in [4.78, 5) is 0. The zero-order valence-electron chi connectivity index (χ0n) is 13.9. The maximum atomic E-state index is 2.31. The van der Waals surface area contributed by atoms with E-state index in [1.54, 1.807) is 0 Å². The van der Waals surface area contributed by atoms with Crippen LogP contribution in [0.2, 0.25) is 0 Å². The highest BCUT2D eigenvalue weighted by Crippen LogP contribution is 2.31. The van der Waals surface area contributed by atoms with Crippen molar-refractivity contribution in [1.82, 2.24) is 0 Å². The summed E-state index contributed by atoms with van der Waals surface area (Å²) in [5.74, 6) is 0. The van der Waals surface area contributed by atoms with E-state index in [-0.39, 0.29) is 0 Å². The molecule has 0 radical (unpaired) electrons. The van der Waals surface area contributed by atoms with Crippen molar-refractivity contribution in [3.05, 3.63) is 84.2 Å². The van der Waals surface area contributed by atoms with Crippen molar-refractivity contribution in [3.63, 3.8) is 0 Å². The second kappa shape index (κ2) is 4.78. The summed E-state index contributed by atoms with van der Waals surface area (Å²) in [6, 6.07) is 22.3. The lowest BCUT2D eigenvalue weighted by Crippen LogP contribution is -2.20. The van der Waals surface area contributed by atoms with Crippen LogP contribution in [0.3, 0.4) is 0 Å². The lowest BCUT2D eigenvalue weighted by Gasteiger charge is -2.07. The average molecular weight is 308 g/mol. The minimum Gasteiger partial charge on any atom is -0.166 e. The molecular weight excluding hydrogens is 290 g/mol. The summed E-state index contributed by atoms with van der Waals surface area (Å²) in [5, 5.41) is 7.87. The first kappa shape index (κ1) is 13.5. The van der Waals surface area contributed by atoms with Crippen molar-refractivity contribution >= 4 is 37.8 Å². The van der Waals surface area contributed by atoms with Gasteiger partial charge in [-0.15, -0.1) is 0 Å². The Morgan fingerprint density at radius 2 is 1.12 bits per heavy atom. The van der Waals surface area contributed by atoms with E-state index in [4.69, 9.17) is 0 Å². The number of aromatic nitrogens is 1. The van der Waals surface area contributed by atoms with Crippen molar-refractivity contribution in [2.75, 3.05) is 0 Å². The quantitative estimate of drug-likeness (QED) is 0.263. The van der Waals surface area contributed by atoms with Gasteiger partial charge in [0.05, 0.1) is 10.8 Å². The number of fused-ring (bicyclic) bond motifs is 7. The molecule has 0 bridgehead atoms. The van der Waals surface area contributed by atoms with Gasteiger partial charge in [-0.25, -0.2) is 0 Å². The fraction of sp³-hybridized carbons (Fsp3) is 0.0870. The molecule has 2 aromatic heterocycles. The van der Waals surface area contributed by atoms with Crippen LogP contribution in [-0.4, -0.2) is 0 Å². The minimum atomic E-state index is 1.29. The van der Waals surface area contributed by atoms with Crippen molar-refractivity contribution in [2.24, 2.45) is 0 Å². The molecule has 0 aliphatic carbocycles. The van der Waals surface area contributed by atoms with E-state index in [9.17, 15) is 0 Å². The van der Waals surface area contributed by atoms with Gasteiger partial charge in [-0.2, -0.15) is 4.40 Å². The number of hydrogen-bond acceptors (Lipinski definition) is 0. The molecule has 114 valence electrons. The van der Waals surface area contributed by atoms with E-state index < -0.39 is 0 Å². The molecule has 1 heteroatoms. The predicted molar refractivity (Wildman–Crippen MR) is 102 cm³/mol. The third kappa shape index (κ3) is 1.85. The van der Waals surface area contributed by atoms with Crippen LogP contribution >= 0.6 is 0 Å². The summed E-state index contributed by atoms with van der Waals surface area (Å²) < 4.78 is 2.26. The second-order valence-electron chi connectivity index (χ2n) is 6.73. The van der Waals surface area contributed by atoms with E-state index in [0.717, 1.165) is 0 Å². The summed E-state index contributed by atoms with van der Waals surface area (Å²) in [5.41, 5.74) is 3.89. The van der Waals surface area contributed by atoms with Gasteiger partial charge >= 0.3 is 0 Å². The molecule has 0 aliphatic rings. The number of aryl methyl sites for hydroxylation is 2. The van der Waals surface area contributed by atoms with E-state index in [0.29, 0.717) is 0 Å². The highest BCUT2D eigenvalue weighted by molar-refractivity contribution is 6.19. The Bertz CT molecular complexity index is 1150. The van der Waals surface area contributed by atoms with Gasteiger partial charge in [0, 0.05) is 12.1 Å². The van der Waals surface area contributed by atoms with Gasteiger partial charge < -0.3 is 0 Å². The molecule has 0 unspecified atom stereocenters. The summed E-state index contributed by atoms with van der Waals surface area (Å²) in [7, 11) is 0. The predicted octanol–water partition coefficient (Wildman–Crippen LogP) is 5.50. The van der Waals surface area contributed by atoms with Crippen LogP contribution < -0.4 is 4.40 Å². The number of nitrogens with zero attached hydrogens (tertiary/aromatic N) is 1. The smallest absolute Gasteiger partial charge is 0.166 e. The maximum Gasteiger partial charge on any atom is 0.226 e. The molecule has 0 N–H and O–H groups in total. The first-order chi connectivity index (χ1) is 11.7. The maximum absolute atomic E-state index is 2.31. The van der Waals surface area contributed by atoms with Crippen molar-refractivity contribution in [2.45, 2.75) is 13.8 Å². The Balaban J connectivity index is 2.16. The summed E-state index contributed by atoms with van der Waals surface area (Å²) in [6.07, 6.45) is 4.34. The molecule has 0 amide bonds. The molecule has 5 rings (SSSR count). The number of hydrogen-bond donors (Lipinski definition) is 0. The van der Waals surface area contributed by atoms with Crippen LogP contribution in [0.4, 0.5) is 0 Å². The van der Waals surface area contributed by atoms with Crippen LogP contribution in [-0.2, 0) is 0 Å². The summed E-state index contributed by atoms with van der Waals surface area (Å²) in [6.45, 7) is 4.33. The molecule has 0 atom stereocenters. The van der Waals surface area contributed by atoms with Crippen molar-refractivity contribution in [3.8, 4) is 0 Å². The Morgan fingerprint density at radius 1 is 0.583 bits per heavy atom. The standard InChI is InChI=1S/C23H18N/c1-15-3-5-17-7-8-19-10-12-24-11-9-18-6-4-16(2)14-21(18)23(24)22(19)20(17)13-15/h3-14H,1-2H3/q+1. The van der Waals surface area contributed by atoms with E-state index in [1.165, 1.54) is 49.0 Å². The molecule has 0 spiro atoms. The van der Waals surface area contributed by atoms with Crippen LogP contribution in [0.25, 0.3) is 37.8 Å². The third-order valence-corrected chi connectivity index (χ3v) is 5.00. The van der Waals surface area contributed by atoms with Crippen LogP contribution in [0.15, 0.2) is 73.1 Å². The fourth-order valence-electron chi connectivity index (χ4n) is 3.80. The molecule has 0 saturated heterocycles. The molecular formula is C23H18N+. The van der Waals surface area contributed by atoms with Gasteiger partial charge in [-0.05, 0) is 41.5 Å². The molecule has 0 saturated carbocycles. The second-order valence-corrected chi connectivity index (χ2v) is 6.73. The first-order valence-electron chi connectivity index (χ1n) is 8.37. The van der Waals surface area contributed by atoms with E-state index in [1.807, 2.05) is 0 Å².